The number of sulfonamides is 1. The maximum absolute atomic E-state index is 11.9. The molecule has 27 heavy (non-hydrogen) atoms. The number of fused-ring (bicyclic) bond motifs is 1. The molecule has 4 N–H and O–H groups in total. The summed E-state index contributed by atoms with van der Waals surface area (Å²) >= 11 is 0. The summed E-state index contributed by atoms with van der Waals surface area (Å²) in [5.74, 6) is -0.558. The molecule has 0 atom stereocenters. The average molecular weight is 387 g/mol. The number of esters is 1. The molecule has 2 aromatic carbocycles. The molecular formula is C18H17N3O5S. The zero-order chi connectivity index (χ0) is 19.6. The minimum absolute atomic E-state index is 0.0181. The molecule has 0 bridgehead atoms. The summed E-state index contributed by atoms with van der Waals surface area (Å²) in [5.41, 5.74) is 1.85. The lowest BCUT2D eigenvalue weighted by Crippen LogP contribution is -2.11. The molecule has 0 unspecified atom stereocenters. The van der Waals surface area contributed by atoms with Crippen LogP contribution in [0.3, 0.4) is 0 Å². The summed E-state index contributed by atoms with van der Waals surface area (Å²) in [5, 5.41) is 15.8. The Morgan fingerprint density at radius 2 is 1.96 bits per heavy atom. The van der Waals surface area contributed by atoms with E-state index in [2.05, 4.69) is 9.98 Å². The molecule has 0 amide bonds. The summed E-state index contributed by atoms with van der Waals surface area (Å²) in [6.07, 6.45) is 1.43. The zero-order valence-electron chi connectivity index (χ0n) is 14.3. The Balaban J connectivity index is 1.96. The van der Waals surface area contributed by atoms with Gasteiger partial charge in [0.05, 0.1) is 28.3 Å². The summed E-state index contributed by atoms with van der Waals surface area (Å²) in [7, 11) is -3.77. The minimum atomic E-state index is -3.77. The van der Waals surface area contributed by atoms with Gasteiger partial charge in [-0.3, -0.25) is 4.99 Å². The molecule has 3 aromatic rings. The second-order valence-electron chi connectivity index (χ2n) is 5.67. The van der Waals surface area contributed by atoms with Crippen molar-refractivity contribution in [3.8, 4) is 5.88 Å². The lowest BCUT2D eigenvalue weighted by molar-refractivity contribution is 0.0526. The van der Waals surface area contributed by atoms with Crippen LogP contribution in [0.5, 0.6) is 5.88 Å². The van der Waals surface area contributed by atoms with Gasteiger partial charge in [-0.25, -0.2) is 18.4 Å². The first-order chi connectivity index (χ1) is 12.8. The lowest BCUT2D eigenvalue weighted by atomic mass is 10.1. The summed E-state index contributed by atoms with van der Waals surface area (Å²) in [4.78, 5) is 18.9. The molecule has 0 aliphatic heterocycles. The van der Waals surface area contributed by atoms with E-state index in [4.69, 9.17) is 9.88 Å². The van der Waals surface area contributed by atoms with E-state index in [1.807, 2.05) is 0 Å². The second-order valence-corrected chi connectivity index (χ2v) is 7.23. The van der Waals surface area contributed by atoms with Gasteiger partial charge < -0.3 is 14.8 Å². The number of carbonyl (C=O) groups excluding carboxylic acids is 1. The van der Waals surface area contributed by atoms with E-state index in [0.717, 1.165) is 0 Å². The van der Waals surface area contributed by atoms with Crippen molar-refractivity contribution in [1.29, 1.82) is 0 Å². The highest BCUT2D eigenvalue weighted by Gasteiger charge is 2.13. The van der Waals surface area contributed by atoms with Gasteiger partial charge in [-0.2, -0.15) is 0 Å². The molecule has 0 fully saturated rings. The number of nitrogens with one attached hydrogen (secondary N) is 1. The largest absolute Gasteiger partial charge is 0.494 e. The number of hydrogen-bond donors (Lipinski definition) is 3. The van der Waals surface area contributed by atoms with Crippen molar-refractivity contribution in [2.45, 2.75) is 11.8 Å². The van der Waals surface area contributed by atoms with Gasteiger partial charge in [-0.1, -0.05) is 0 Å². The maximum atomic E-state index is 11.9. The molecule has 1 aromatic heterocycles. The Kier molecular flexibility index (Phi) is 4.98. The van der Waals surface area contributed by atoms with Gasteiger partial charge in [0.1, 0.15) is 0 Å². The number of ether oxygens (including phenoxy) is 1. The van der Waals surface area contributed by atoms with Crippen LogP contribution in [0, 0.1) is 0 Å². The molecular weight excluding hydrogens is 370 g/mol. The van der Waals surface area contributed by atoms with Gasteiger partial charge in [-0.15, -0.1) is 0 Å². The molecule has 9 heteroatoms. The summed E-state index contributed by atoms with van der Waals surface area (Å²) in [6.45, 7) is 1.98. The van der Waals surface area contributed by atoms with Gasteiger partial charge in [0.25, 0.3) is 0 Å². The summed E-state index contributed by atoms with van der Waals surface area (Å²) in [6, 6.07) is 10.5. The summed E-state index contributed by atoms with van der Waals surface area (Å²) < 4.78 is 27.5. The van der Waals surface area contributed by atoms with Crippen LogP contribution in [0.1, 0.15) is 22.8 Å². The fourth-order valence-corrected chi connectivity index (χ4v) is 3.05. The van der Waals surface area contributed by atoms with Crippen LogP contribution in [0.2, 0.25) is 0 Å². The van der Waals surface area contributed by atoms with Crippen LogP contribution in [0.25, 0.3) is 10.9 Å². The number of aromatic amines is 1. The van der Waals surface area contributed by atoms with E-state index >= 15 is 0 Å². The van der Waals surface area contributed by atoms with Gasteiger partial charge in [-0.05, 0) is 49.4 Å². The third-order valence-corrected chi connectivity index (χ3v) is 4.77. The Labute approximate surface area is 155 Å². The SMILES string of the molecule is CCOC(=O)c1ccc2[nH]c(O)c(C=Nc3ccc(S(N)(=O)=O)cc3)c2c1. The van der Waals surface area contributed by atoms with Crippen molar-refractivity contribution < 1.29 is 23.1 Å². The Hall–Kier alpha value is -3.17. The molecule has 8 nitrogen and oxygen atoms in total. The first kappa shape index (κ1) is 18.6. The molecule has 3 rings (SSSR count). The highest BCUT2D eigenvalue weighted by Crippen LogP contribution is 2.27. The number of benzene rings is 2. The van der Waals surface area contributed by atoms with E-state index in [1.54, 1.807) is 25.1 Å². The first-order valence-corrected chi connectivity index (χ1v) is 9.53. The first-order valence-electron chi connectivity index (χ1n) is 7.98. The van der Waals surface area contributed by atoms with Crippen molar-refractivity contribution in [1.82, 2.24) is 4.98 Å². The quantitative estimate of drug-likeness (QED) is 0.456. The molecule has 0 aliphatic rings. The Morgan fingerprint density at radius 3 is 2.59 bits per heavy atom. The highest BCUT2D eigenvalue weighted by atomic mass is 32.2. The van der Waals surface area contributed by atoms with E-state index in [-0.39, 0.29) is 17.4 Å². The fourth-order valence-electron chi connectivity index (χ4n) is 2.53. The Morgan fingerprint density at radius 1 is 1.26 bits per heavy atom. The molecule has 1 heterocycles. The number of primary sulfonamides is 1. The van der Waals surface area contributed by atoms with Gasteiger partial charge in [0, 0.05) is 17.1 Å². The number of aromatic hydroxyl groups is 1. The third kappa shape index (κ3) is 3.99. The molecule has 0 saturated heterocycles. The fraction of sp³-hybridized carbons (Fsp3) is 0.111. The second kappa shape index (κ2) is 7.22. The van der Waals surface area contributed by atoms with Crippen molar-refractivity contribution in [3.05, 3.63) is 53.6 Å². The van der Waals surface area contributed by atoms with E-state index in [1.165, 1.54) is 30.5 Å². The maximum Gasteiger partial charge on any atom is 0.338 e. The molecule has 0 aliphatic carbocycles. The molecule has 0 radical (unpaired) electrons. The molecule has 140 valence electrons. The highest BCUT2D eigenvalue weighted by molar-refractivity contribution is 7.89. The zero-order valence-corrected chi connectivity index (χ0v) is 15.2. The predicted molar refractivity (Wildman–Crippen MR) is 101 cm³/mol. The van der Waals surface area contributed by atoms with Crippen molar-refractivity contribution in [2.75, 3.05) is 6.61 Å². The van der Waals surface area contributed by atoms with Crippen LogP contribution >= 0.6 is 0 Å². The number of rotatable bonds is 5. The van der Waals surface area contributed by atoms with E-state index in [9.17, 15) is 18.3 Å². The Bertz CT molecular complexity index is 1130. The number of H-pyrrole nitrogens is 1. The number of hydrogen-bond acceptors (Lipinski definition) is 6. The molecule has 0 spiro atoms. The number of aliphatic imine (C=N–C) groups is 1. The third-order valence-electron chi connectivity index (χ3n) is 3.84. The predicted octanol–water partition coefficient (Wildman–Crippen LogP) is 2.45. The van der Waals surface area contributed by atoms with Crippen molar-refractivity contribution in [3.63, 3.8) is 0 Å². The monoisotopic (exact) mass is 387 g/mol. The van der Waals surface area contributed by atoms with Crippen LogP contribution in [-0.4, -0.2) is 37.3 Å². The van der Waals surface area contributed by atoms with Crippen molar-refractivity contribution >= 4 is 38.8 Å². The average Bonchev–Trinajstić information content (AvgIpc) is 2.94. The van der Waals surface area contributed by atoms with E-state index < -0.39 is 16.0 Å². The van der Waals surface area contributed by atoms with Crippen LogP contribution < -0.4 is 5.14 Å². The topological polar surface area (TPSA) is 135 Å². The van der Waals surface area contributed by atoms with Crippen LogP contribution in [-0.2, 0) is 14.8 Å². The standard InChI is InChI=1S/C18H17N3O5S/c1-2-26-18(23)11-3-8-16-14(9-11)15(17(22)21-16)10-20-12-4-6-13(7-5-12)27(19,24)25/h3-10,21-22H,2H2,1H3,(H2,19,24,25). The normalized spacial score (nSPS) is 11.9. The minimum Gasteiger partial charge on any atom is -0.494 e. The van der Waals surface area contributed by atoms with Crippen LogP contribution in [0.4, 0.5) is 5.69 Å². The van der Waals surface area contributed by atoms with Crippen molar-refractivity contribution in [2.24, 2.45) is 10.1 Å². The number of nitrogens with zero attached hydrogens (tertiary/aromatic N) is 1. The van der Waals surface area contributed by atoms with Gasteiger partial charge in [0.2, 0.25) is 10.0 Å². The number of aromatic nitrogens is 1. The van der Waals surface area contributed by atoms with Crippen LogP contribution in [0.15, 0.2) is 52.4 Å². The van der Waals surface area contributed by atoms with E-state index in [0.29, 0.717) is 27.7 Å². The number of nitrogens with two attached hydrogens (primary N) is 1. The van der Waals surface area contributed by atoms with Gasteiger partial charge >= 0.3 is 5.97 Å². The number of carbonyl (C=O) groups is 1. The van der Waals surface area contributed by atoms with Gasteiger partial charge in [0.15, 0.2) is 5.88 Å². The molecule has 0 saturated carbocycles. The smallest absolute Gasteiger partial charge is 0.338 e. The lowest BCUT2D eigenvalue weighted by Gasteiger charge is -2.02.